The van der Waals surface area contributed by atoms with E-state index < -0.39 is 21.2 Å². The number of hydrogen-bond donors (Lipinski definition) is 0. The highest BCUT2D eigenvalue weighted by molar-refractivity contribution is 5.70. The van der Waals surface area contributed by atoms with Crippen LogP contribution in [0.15, 0.2) is 24.8 Å². The summed E-state index contributed by atoms with van der Waals surface area (Å²) in [5, 5.41) is 25.8. The van der Waals surface area contributed by atoms with Crippen molar-refractivity contribution >= 4 is 11.4 Å². The van der Waals surface area contributed by atoms with Crippen molar-refractivity contribution in [3.8, 4) is 11.4 Å². The molecular weight excluding hydrogens is 258 g/mol. The second-order valence-electron chi connectivity index (χ2n) is 3.34. The fourth-order valence-corrected chi connectivity index (χ4v) is 1.59. The van der Waals surface area contributed by atoms with Crippen LogP contribution in [0.2, 0.25) is 0 Å². The van der Waals surface area contributed by atoms with Crippen LogP contribution in [0.1, 0.15) is 0 Å². The fourth-order valence-electron chi connectivity index (χ4n) is 1.59. The van der Waals surface area contributed by atoms with Gasteiger partial charge < -0.3 is 4.74 Å². The molecule has 0 saturated heterocycles. The summed E-state index contributed by atoms with van der Waals surface area (Å²) in [4.78, 5) is 24.2. The van der Waals surface area contributed by atoms with Crippen LogP contribution in [0.25, 0.3) is 5.69 Å². The van der Waals surface area contributed by atoms with E-state index >= 15 is 0 Å². The van der Waals surface area contributed by atoms with Crippen LogP contribution < -0.4 is 4.74 Å². The quantitative estimate of drug-likeness (QED) is 0.598. The number of nitro benzene ring substituents is 2. The zero-order valence-electron chi connectivity index (χ0n) is 9.59. The molecule has 0 aliphatic carbocycles. The third-order valence-electron chi connectivity index (χ3n) is 2.34. The Morgan fingerprint density at radius 3 is 2.47 bits per heavy atom. The molecule has 0 saturated carbocycles. The van der Waals surface area contributed by atoms with Gasteiger partial charge in [0, 0.05) is 6.07 Å². The average Bonchev–Trinajstić information content (AvgIpc) is 2.90. The Balaban J connectivity index is 2.84. The Morgan fingerprint density at radius 2 is 2.00 bits per heavy atom. The van der Waals surface area contributed by atoms with Crippen LogP contribution in [0.3, 0.4) is 0 Å². The molecule has 1 aromatic carbocycles. The molecule has 0 amide bonds. The van der Waals surface area contributed by atoms with Gasteiger partial charge in [-0.2, -0.15) is 5.10 Å². The highest BCUT2D eigenvalue weighted by Gasteiger charge is 2.31. The van der Waals surface area contributed by atoms with Crippen LogP contribution in [0, 0.1) is 20.2 Å². The molecule has 2 aromatic rings. The highest BCUT2D eigenvalue weighted by Crippen LogP contribution is 2.39. The maximum atomic E-state index is 11.1. The molecule has 0 aliphatic heterocycles. The lowest BCUT2D eigenvalue weighted by atomic mass is 10.2. The molecule has 0 fully saturated rings. The molecule has 0 bridgehead atoms. The Morgan fingerprint density at radius 1 is 1.26 bits per heavy atom. The minimum atomic E-state index is -0.761. The predicted molar refractivity (Wildman–Crippen MR) is 61.2 cm³/mol. The van der Waals surface area contributed by atoms with Gasteiger partial charge in [0.25, 0.3) is 0 Å². The van der Waals surface area contributed by atoms with E-state index in [9.17, 15) is 20.2 Å². The van der Waals surface area contributed by atoms with Gasteiger partial charge in [-0.1, -0.05) is 0 Å². The number of benzene rings is 1. The van der Waals surface area contributed by atoms with Crippen molar-refractivity contribution in [3.63, 3.8) is 0 Å². The zero-order chi connectivity index (χ0) is 14.0. The minimum Gasteiger partial charge on any atom is -0.490 e. The lowest BCUT2D eigenvalue weighted by molar-refractivity contribution is -0.394. The van der Waals surface area contributed by atoms with E-state index in [1.807, 2.05) is 0 Å². The Kier molecular flexibility index (Phi) is 3.06. The molecule has 0 unspecified atom stereocenters. The lowest BCUT2D eigenvalue weighted by Gasteiger charge is -2.07. The summed E-state index contributed by atoms with van der Waals surface area (Å²) in [5.74, 6) is -0.0962. The molecule has 10 heteroatoms. The number of aromatic nitrogens is 3. The van der Waals surface area contributed by atoms with Gasteiger partial charge in [0.05, 0.1) is 17.0 Å². The van der Waals surface area contributed by atoms with Gasteiger partial charge in [0.2, 0.25) is 5.69 Å². The molecule has 0 spiro atoms. The Labute approximate surface area is 105 Å². The highest BCUT2D eigenvalue weighted by atomic mass is 16.6. The van der Waals surface area contributed by atoms with E-state index in [0.717, 1.165) is 29.5 Å². The van der Waals surface area contributed by atoms with Gasteiger partial charge in [-0.15, -0.1) is 0 Å². The third kappa shape index (κ3) is 2.06. The van der Waals surface area contributed by atoms with Crippen LogP contribution >= 0.6 is 0 Å². The van der Waals surface area contributed by atoms with E-state index in [4.69, 9.17) is 4.74 Å². The van der Waals surface area contributed by atoms with Gasteiger partial charge >= 0.3 is 11.4 Å². The molecule has 1 heterocycles. The van der Waals surface area contributed by atoms with Crippen molar-refractivity contribution in [1.29, 1.82) is 0 Å². The van der Waals surface area contributed by atoms with E-state index in [2.05, 4.69) is 10.1 Å². The average molecular weight is 265 g/mol. The summed E-state index contributed by atoms with van der Waals surface area (Å²) < 4.78 is 5.81. The minimum absolute atomic E-state index is 0.0962. The molecule has 0 N–H and O–H groups in total. The van der Waals surface area contributed by atoms with E-state index in [1.165, 1.54) is 7.11 Å². The smallest absolute Gasteiger partial charge is 0.343 e. The molecule has 0 aliphatic rings. The van der Waals surface area contributed by atoms with Gasteiger partial charge in [-0.25, -0.2) is 9.67 Å². The van der Waals surface area contributed by atoms with Gasteiger partial charge in [-0.3, -0.25) is 20.2 Å². The topological polar surface area (TPSA) is 126 Å². The van der Waals surface area contributed by atoms with Crippen molar-refractivity contribution < 1.29 is 14.6 Å². The second-order valence-corrected chi connectivity index (χ2v) is 3.34. The molecule has 19 heavy (non-hydrogen) atoms. The summed E-state index contributed by atoms with van der Waals surface area (Å²) in [5.41, 5.74) is -1.30. The molecule has 0 radical (unpaired) electrons. The number of hydrogen-bond acceptors (Lipinski definition) is 7. The Bertz CT molecular complexity index is 639. The molecule has 10 nitrogen and oxygen atoms in total. The van der Waals surface area contributed by atoms with Crippen LogP contribution in [-0.4, -0.2) is 31.7 Å². The van der Waals surface area contributed by atoms with Gasteiger partial charge in [0.15, 0.2) is 5.75 Å². The molecule has 1 aromatic heterocycles. The molecule has 2 rings (SSSR count). The first-order chi connectivity index (χ1) is 9.06. The van der Waals surface area contributed by atoms with Gasteiger partial charge in [0.1, 0.15) is 12.7 Å². The lowest BCUT2D eigenvalue weighted by Crippen LogP contribution is -2.06. The third-order valence-corrected chi connectivity index (χ3v) is 2.34. The summed E-state index contributed by atoms with van der Waals surface area (Å²) in [6, 6.07) is 2.28. The second kappa shape index (κ2) is 4.68. The number of nitrogens with zero attached hydrogens (tertiary/aromatic N) is 5. The van der Waals surface area contributed by atoms with Crippen molar-refractivity contribution in [3.05, 3.63) is 45.0 Å². The first-order valence-electron chi connectivity index (χ1n) is 4.91. The first-order valence-corrected chi connectivity index (χ1v) is 4.91. The summed E-state index contributed by atoms with van der Waals surface area (Å²) in [6.07, 6.45) is 2.25. The van der Waals surface area contributed by atoms with Crippen LogP contribution in [0.5, 0.6) is 5.75 Å². The largest absolute Gasteiger partial charge is 0.490 e. The summed E-state index contributed by atoms with van der Waals surface area (Å²) >= 11 is 0. The predicted octanol–water partition coefficient (Wildman–Crippen LogP) is 1.09. The monoisotopic (exact) mass is 265 g/mol. The molecule has 98 valence electrons. The normalized spacial score (nSPS) is 10.2. The first kappa shape index (κ1) is 12.4. The van der Waals surface area contributed by atoms with E-state index in [1.54, 1.807) is 0 Å². The van der Waals surface area contributed by atoms with Crippen LogP contribution in [0.4, 0.5) is 11.4 Å². The SMILES string of the molecule is COc1ccc([N+](=O)[O-])c(-n2cncn2)c1[N+](=O)[O-]. The summed E-state index contributed by atoms with van der Waals surface area (Å²) in [7, 11) is 1.24. The van der Waals surface area contributed by atoms with E-state index in [-0.39, 0.29) is 11.4 Å². The molecule has 0 atom stereocenters. The van der Waals surface area contributed by atoms with Crippen molar-refractivity contribution in [2.24, 2.45) is 0 Å². The zero-order valence-corrected chi connectivity index (χ0v) is 9.59. The van der Waals surface area contributed by atoms with Gasteiger partial charge in [-0.05, 0) is 6.07 Å². The Hall–Kier alpha value is -3.04. The number of rotatable bonds is 4. The van der Waals surface area contributed by atoms with Crippen molar-refractivity contribution in [2.45, 2.75) is 0 Å². The maximum absolute atomic E-state index is 11.1. The number of nitro groups is 2. The van der Waals surface area contributed by atoms with Crippen molar-refractivity contribution in [2.75, 3.05) is 7.11 Å². The fraction of sp³-hybridized carbons (Fsp3) is 0.111. The number of ether oxygens (including phenoxy) is 1. The standard InChI is InChI=1S/C9H7N5O5/c1-19-7-3-2-6(13(15)16)8(9(7)14(17)18)12-5-10-4-11-12/h2-5H,1H3. The molecular formula is C9H7N5O5. The number of methoxy groups -OCH3 is 1. The van der Waals surface area contributed by atoms with Crippen LogP contribution in [-0.2, 0) is 0 Å². The summed E-state index contributed by atoms with van der Waals surface area (Å²) in [6.45, 7) is 0. The maximum Gasteiger partial charge on any atom is 0.343 e. The van der Waals surface area contributed by atoms with E-state index in [0.29, 0.717) is 0 Å². The van der Waals surface area contributed by atoms with Crippen molar-refractivity contribution in [1.82, 2.24) is 14.8 Å².